The first-order chi connectivity index (χ1) is 8.16. The fourth-order valence-electron chi connectivity index (χ4n) is 3.15. The molecule has 0 radical (unpaired) electrons. The number of hydrogen-bond acceptors (Lipinski definition) is 3. The lowest BCUT2D eigenvalue weighted by molar-refractivity contribution is 0.494. The summed E-state index contributed by atoms with van der Waals surface area (Å²) in [6.45, 7) is 2.05. The van der Waals surface area contributed by atoms with Gasteiger partial charge in [-0.2, -0.15) is 5.10 Å². The van der Waals surface area contributed by atoms with E-state index in [1.165, 1.54) is 23.9 Å². The summed E-state index contributed by atoms with van der Waals surface area (Å²) in [7, 11) is 1.62. The van der Waals surface area contributed by atoms with Gasteiger partial charge in [0.05, 0.1) is 11.9 Å². The van der Waals surface area contributed by atoms with Crippen LogP contribution in [-0.2, 0) is 7.05 Å². The molecule has 0 bridgehead atoms. The highest BCUT2D eigenvalue weighted by Gasteiger charge is 2.37. The summed E-state index contributed by atoms with van der Waals surface area (Å²) in [5, 5.41) is 4.36. The van der Waals surface area contributed by atoms with Crippen molar-refractivity contribution in [3.8, 4) is 0 Å². The first kappa shape index (κ1) is 11.1. The minimum Gasteiger partial charge on any atom is -0.368 e. The van der Waals surface area contributed by atoms with E-state index in [1.54, 1.807) is 13.2 Å². The summed E-state index contributed by atoms with van der Waals surface area (Å²) in [4.78, 5) is 14.0. The predicted molar refractivity (Wildman–Crippen MR) is 67.5 cm³/mol. The molecule has 0 aromatic carbocycles. The number of rotatable bonds is 1. The third-order valence-corrected chi connectivity index (χ3v) is 4.48. The Balaban J connectivity index is 1.91. The van der Waals surface area contributed by atoms with E-state index in [4.69, 9.17) is 11.6 Å². The molecule has 1 aliphatic carbocycles. The fourth-order valence-corrected chi connectivity index (χ4v) is 3.44. The number of anilines is 1. The maximum Gasteiger partial charge on any atom is 0.287 e. The molecule has 92 valence electrons. The molecular weight excluding hydrogens is 238 g/mol. The zero-order chi connectivity index (χ0) is 12.0. The van der Waals surface area contributed by atoms with Crippen molar-refractivity contribution < 1.29 is 0 Å². The van der Waals surface area contributed by atoms with Crippen LogP contribution in [-0.4, -0.2) is 22.9 Å². The monoisotopic (exact) mass is 253 g/mol. The SMILES string of the molecule is Cn1ncc(N2CC3CCCC3C2)c(Cl)c1=O. The molecule has 2 aliphatic rings. The maximum atomic E-state index is 11.7. The van der Waals surface area contributed by atoms with E-state index < -0.39 is 0 Å². The topological polar surface area (TPSA) is 38.1 Å². The summed E-state index contributed by atoms with van der Waals surface area (Å²) in [6.07, 6.45) is 5.70. The fraction of sp³-hybridized carbons (Fsp3) is 0.667. The van der Waals surface area contributed by atoms with Crippen LogP contribution in [0.15, 0.2) is 11.0 Å². The van der Waals surface area contributed by atoms with E-state index in [0.29, 0.717) is 5.02 Å². The molecule has 1 saturated carbocycles. The van der Waals surface area contributed by atoms with E-state index in [0.717, 1.165) is 30.6 Å². The third-order valence-electron chi connectivity index (χ3n) is 4.13. The lowest BCUT2D eigenvalue weighted by Gasteiger charge is -2.20. The van der Waals surface area contributed by atoms with Gasteiger partial charge in [0, 0.05) is 20.1 Å². The lowest BCUT2D eigenvalue weighted by atomic mass is 10.0. The van der Waals surface area contributed by atoms with Gasteiger partial charge in [0.1, 0.15) is 5.02 Å². The molecule has 0 amide bonds. The second kappa shape index (κ2) is 4.02. The van der Waals surface area contributed by atoms with Gasteiger partial charge in [-0.1, -0.05) is 18.0 Å². The second-order valence-electron chi connectivity index (χ2n) is 5.13. The molecule has 1 aliphatic heterocycles. The van der Waals surface area contributed by atoms with Crippen molar-refractivity contribution in [1.29, 1.82) is 0 Å². The van der Waals surface area contributed by atoms with Crippen molar-refractivity contribution >= 4 is 17.3 Å². The minimum atomic E-state index is -0.207. The first-order valence-electron chi connectivity index (χ1n) is 6.13. The molecule has 2 unspecified atom stereocenters. The van der Waals surface area contributed by atoms with Crippen molar-refractivity contribution in [3.05, 3.63) is 21.6 Å². The van der Waals surface area contributed by atoms with Crippen molar-refractivity contribution in [3.63, 3.8) is 0 Å². The van der Waals surface area contributed by atoms with Gasteiger partial charge in [0.2, 0.25) is 0 Å². The highest BCUT2D eigenvalue weighted by atomic mass is 35.5. The van der Waals surface area contributed by atoms with E-state index >= 15 is 0 Å². The Hall–Kier alpha value is -1.03. The zero-order valence-electron chi connectivity index (χ0n) is 9.90. The predicted octanol–water partition coefficient (Wildman–Crippen LogP) is 1.67. The van der Waals surface area contributed by atoms with Crippen molar-refractivity contribution in [2.45, 2.75) is 19.3 Å². The van der Waals surface area contributed by atoms with Gasteiger partial charge >= 0.3 is 0 Å². The molecule has 3 rings (SSSR count). The Kier molecular flexibility index (Phi) is 2.62. The van der Waals surface area contributed by atoms with Crippen LogP contribution < -0.4 is 10.5 Å². The highest BCUT2D eigenvalue weighted by molar-refractivity contribution is 6.33. The quantitative estimate of drug-likeness (QED) is 0.764. The molecule has 0 spiro atoms. The summed E-state index contributed by atoms with van der Waals surface area (Å²) in [5.74, 6) is 1.57. The summed E-state index contributed by atoms with van der Waals surface area (Å²) >= 11 is 6.12. The molecule has 2 atom stereocenters. The Labute approximate surface area is 105 Å². The van der Waals surface area contributed by atoms with E-state index in [1.807, 2.05) is 0 Å². The third kappa shape index (κ3) is 1.75. The van der Waals surface area contributed by atoms with Crippen LogP contribution >= 0.6 is 11.6 Å². The number of halogens is 1. The zero-order valence-corrected chi connectivity index (χ0v) is 10.7. The van der Waals surface area contributed by atoms with Gasteiger partial charge in [-0.15, -0.1) is 0 Å². The molecule has 2 heterocycles. The van der Waals surface area contributed by atoms with Gasteiger partial charge < -0.3 is 4.90 Å². The van der Waals surface area contributed by atoms with Gasteiger partial charge in [-0.3, -0.25) is 4.79 Å². The van der Waals surface area contributed by atoms with Crippen molar-refractivity contribution in [1.82, 2.24) is 9.78 Å². The van der Waals surface area contributed by atoms with Crippen LogP contribution in [0.1, 0.15) is 19.3 Å². The van der Waals surface area contributed by atoms with Gasteiger partial charge in [0.15, 0.2) is 0 Å². The number of nitrogens with zero attached hydrogens (tertiary/aromatic N) is 3. The average molecular weight is 254 g/mol. The number of aryl methyl sites for hydroxylation is 1. The van der Waals surface area contributed by atoms with Gasteiger partial charge in [0.25, 0.3) is 5.56 Å². The normalized spacial score (nSPS) is 27.5. The van der Waals surface area contributed by atoms with E-state index in [9.17, 15) is 4.79 Å². The van der Waals surface area contributed by atoms with Crippen LogP contribution in [0.3, 0.4) is 0 Å². The Morgan fingerprint density at radius 2 is 2.00 bits per heavy atom. The first-order valence-corrected chi connectivity index (χ1v) is 6.51. The van der Waals surface area contributed by atoms with Gasteiger partial charge in [-0.25, -0.2) is 4.68 Å². The molecule has 1 saturated heterocycles. The maximum absolute atomic E-state index is 11.7. The lowest BCUT2D eigenvalue weighted by Crippen LogP contribution is -2.27. The van der Waals surface area contributed by atoms with Gasteiger partial charge in [-0.05, 0) is 24.7 Å². The van der Waals surface area contributed by atoms with Crippen LogP contribution in [0.5, 0.6) is 0 Å². The molecule has 1 aromatic heterocycles. The average Bonchev–Trinajstić information content (AvgIpc) is 2.86. The van der Waals surface area contributed by atoms with Crippen molar-refractivity contribution in [2.24, 2.45) is 18.9 Å². The number of hydrogen-bond donors (Lipinski definition) is 0. The van der Waals surface area contributed by atoms with E-state index in [2.05, 4.69) is 10.00 Å². The largest absolute Gasteiger partial charge is 0.368 e. The van der Waals surface area contributed by atoms with Crippen molar-refractivity contribution in [2.75, 3.05) is 18.0 Å². The molecule has 0 N–H and O–H groups in total. The molecular formula is C12H16ClN3O. The Morgan fingerprint density at radius 1 is 1.35 bits per heavy atom. The molecule has 17 heavy (non-hydrogen) atoms. The number of aromatic nitrogens is 2. The second-order valence-corrected chi connectivity index (χ2v) is 5.51. The summed E-state index contributed by atoms with van der Waals surface area (Å²) in [5.41, 5.74) is 0.602. The minimum absolute atomic E-state index is 0.207. The van der Waals surface area contributed by atoms with Crippen LogP contribution in [0, 0.1) is 11.8 Å². The molecule has 2 fully saturated rings. The molecule has 5 heteroatoms. The van der Waals surface area contributed by atoms with Crippen LogP contribution in [0.4, 0.5) is 5.69 Å². The van der Waals surface area contributed by atoms with Crippen LogP contribution in [0.25, 0.3) is 0 Å². The summed E-state index contributed by atoms with van der Waals surface area (Å²) < 4.78 is 1.28. The highest BCUT2D eigenvalue weighted by Crippen LogP contribution is 2.40. The number of fused-ring (bicyclic) bond motifs is 1. The molecule has 1 aromatic rings. The Morgan fingerprint density at radius 3 is 2.65 bits per heavy atom. The van der Waals surface area contributed by atoms with E-state index in [-0.39, 0.29) is 5.56 Å². The standard InChI is InChI=1S/C12H16ClN3O/c1-15-12(17)11(13)10(5-14-15)16-6-8-3-2-4-9(8)7-16/h5,8-9H,2-4,6-7H2,1H3. The smallest absolute Gasteiger partial charge is 0.287 e. The van der Waals surface area contributed by atoms with Crippen LogP contribution in [0.2, 0.25) is 5.02 Å². The molecule has 4 nitrogen and oxygen atoms in total. The Bertz CT molecular complexity index is 487. The summed E-state index contributed by atoms with van der Waals surface area (Å²) in [6, 6.07) is 0.